The van der Waals surface area contributed by atoms with Crippen LogP contribution >= 0.6 is 11.6 Å². The van der Waals surface area contributed by atoms with Crippen LogP contribution in [-0.4, -0.2) is 41.8 Å². The van der Waals surface area contributed by atoms with Crippen molar-refractivity contribution in [3.05, 3.63) is 38.4 Å². The van der Waals surface area contributed by atoms with E-state index in [0.717, 1.165) is 32.2 Å². The second-order valence-electron chi connectivity index (χ2n) is 8.72. The first kappa shape index (κ1) is 18.9. The van der Waals surface area contributed by atoms with Crippen LogP contribution in [0, 0.1) is 18.2 Å². The molecule has 1 aromatic heterocycles. The summed E-state index contributed by atoms with van der Waals surface area (Å²) in [7, 11) is 1.93. The van der Waals surface area contributed by atoms with Crippen molar-refractivity contribution in [2.45, 2.75) is 44.7 Å². The number of carbonyl (C=O) groups is 1. The highest BCUT2D eigenvalue weighted by Crippen LogP contribution is 2.55. The summed E-state index contributed by atoms with van der Waals surface area (Å²) in [4.78, 5) is 26.5. The standard InChI is InChI=1S/C21H23ClFN3O3/c1-10-14-17(26(11-3-4-11)7-12(19(14)27)20(28)29)15(22)18(16(10)23)25-8-13(24-2)21(9-25)5-6-21/h7,11,13,24H,3-6,8-9H2,1-2H3,(H,28,29)/t13-/m1/s1. The third-order valence-corrected chi connectivity index (χ3v) is 7.30. The van der Waals surface area contributed by atoms with Crippen LogP contribution in [0.2, 0.25) is 5.02 Å². The molecule has 2 heterocycles. The van der Waals surface area contributed by atoms with Gasteiger partial charge in [-0.2, -0.15) is 0 Å². The fourth-order valence-corrected chi connectivity index (χ4v) is 5.37. The van der Waals surface area contributed by atoms with Crippen LogP contribution < -0.4 is 15.6 Å². The summed E-state index contributed by atoms with van der Waals surface area (Å²) in [5, 5.41) is 13.1. The lowest BCUT2D eigenvalue weighted by Gasteiger charge is -2.25. The number of carboxylic acid groups (broad SMARTS) is 1. The number of carboxylic acids is 1. The number of anilines is 1. The molecule has 1 spiro atoms. The third kappa shape index (κ3) is 2.63. The van der Waals surface area contributed by atoms with Crippen LogP contribution in [-0.2, 0) is 0 Å². The van der Waals surface area contributed by atoms with Gasteiger partial charge in [-0.1, -0.05) is 11.6 Å². The van der Waals surface area contributed by atoms with Gasteiger partial charge in [0.15, 0.2) is 5.82 Å². The molecule has 1 aliphatic heterocycles. The maximum atomic E-state index is 15.6. The number of likely N-dealkylation sites (N-methyl/N-ethyl adjacent to an activating group) is 1. The zero-order chi connectivity index (χ0) is 20.7. The molecule has 3 aliphatic rings. The molecule has 2 N–H and O–H groups in total. The number of fused-ring (bicyclic) bond motifs is 1. The minimum atomic E-state index is -1.31. The summed E-state index contributed by atoms with van der Waals surface area (Å²) in [6, 6.07) is 0.360. The SMILES string of the molecule is CN[C@@H]1CN(c2c(F)c(C)c3c(=O)c(C(=O)O)cn(C4CC4)c3c2Cl)CC12CC2. The Bertz CT molecular complexity index is 1120. The zero-order valence-electron chi connectivity index (χ0n) is 16.4. The summed E-state index contributed by atoms with van der Waals surface area (Å²) in [5.74, 6) is -1.84. The molecular weight excluding hydrogens is 397 g/mol. The number of rotatable bonds is 4. The molecule has 0 radical (unpaired) electrons. The molecule has 0 unspecified atom stereocenters. The van der Waals surface area contributed by atoms with Crippen LogP contribution in [0.3, 0.4) is 0 Å². The van der Waals surface area contributed by atoms with Crippen LogP contribution in [0.5, 0.6) is 0 Å². The molecule has 6 nitrogen and oxygen atoms in total. The summed E-state index contributed by atoms with van der Waals surface area (Å²) in [6.07, 6.45) is 5.35. The van der Waals surface area contributed by atoms with Crippen LogP contribution in [0.4, 0.5) is 10.1 Å². The molecule has 1 saturated heterocycles. The Kier molecular flexibility index (Phi) is 4.03. The lowest BCUT2D eigenvalue weighted by molar-refractivity contribution is 0.0695. The maximum Gasteiger partial charge on any atom is 0.341 e. The van der Waals surface area contributed by atoms with Crippen molar-refractivity contribution >= 4 is 34.2 Å². The van der Waals surface area contributed by atoms with Gasteiger partial charge in [-0.05, 0) is 39.7 Å². The number of pyridine rings is 1. The van der Waals surface area contributed by atoms with Gasteiger partial charge in [0.2, 0.25) is 5.43 Å². The molecule has 2 saturated carbocycles. The Morgan fingerprint density at radius 3 is 2.59 bits per heavy atom. The number of hydrogen-bond acceptors (Lipinski definition) is 4. The summed E-state index contributed by atoms with van der Waals surface area (Å²) < 4.78 is 17.3. The highest BCUT2D eigenvalue weighted by molar-refractivity contribution is 6.38. The summed E-state index contributed by atoms with van der Waals surface area (Å²) in [5.41, 5.74) is 0.0935. The first-order chi connectivity index (χ1) is 13.8. The Labute approximate surface area is 172 Å². The Balaban J connectivity index is 1.78. The first-order valence-corrected chi connectivity index (χ1v) is 10.4. The van der Waals surface area contributed by atoms with E-state index in [1.54, 1.807) is 11.5 Å². The highest BCUT2D eigenvalue weighted by atomic mass is 35.5. The summed E-state index contributed by atoms with van der Waals surface area (Å²) >= 11 is 6.77. The predicted octanol–water partition coefficient (Wildman–Crippen LogP) is 3.32. The lowest BCUT2D eigenvalue weighted by Crippen LogP contribution is -2.34. The molecule has 2 aliphatic carbocycles. The van der Waals surface area contributed by atoms with E-state index in [2.05, 4.69) is 5.32 Å². The van der Waals surface area contributed by atoms with Gasteiger partial charge < -0.3 is 19.9 Å². The normalized spacial score (nSPS) is 22.6. The van der Waals surface area contributed by atoms with E-state index in [1.165, 1.54) is 6.20 Å². The van der Waals surface area contributed by atoms with E-state index in [4.69, 9.17) is 11.6 Å². The molecule has 8 heteroatoms. The van der Waals surface area contributed by atoms with E-state index < -0.39 is 17.2 Å². The van der Waals surface area contributed by atoms with Gasteiger partial charge in [-0.15, -0.1) is 0 Å². The van der Waals surface area contributed by atoms with Gasteiger partial charge in [-0.3, -0.25) is 4.79 Å². The Morgan fingerprint density at radius 1 is 1.38 bits per heavy atom. The van der Waals surface area contributed by atoms with Crippen molar-refractivity contribution in [2.75, 3.05) is 25.0 Å². The predicted molar refractivity (Wildman–Crippen MR) is 110 cm³/mol. The molecule has 3 fully saturated rings. The van der Waals surface area contributed by atoms with Crippen molar-refractivity contribution in [2.24, 2.45) is 5.41 Å². The van der Waals surface area contributed by atoms with Crippen molar-refractivity contribution in [1.82, 2.24) is 9.88 Å². The van der Waals surface area contributed by atoms with Gasteiger partial charge in [0.25, 0.3) is 0 Å². The smallest absolute Gasteiger partial charge is 0.341 e. The van der Waals surface area contributed by atoms with E-state index in [0.29, 0.717) is 17.7 Å². The van der Waals surface area contributed by atoms with Gasteiger partial charge in [-0.25, -0.2) is 9.18 Å². The van der Waals surface area contributed by atoms with Crippen molar-refractivity contribution in [3.8, 4) is 0 Å². The van der Waals surface area contributed by atoms with E-state index in [-0.39, 0.29) is 39.0 Å². The van der Waals surface area contributed by atoms with Crippen LogP contribution in [0.1, 0.15) is 47.6 Å². The second kappa shape index (κ2) is 6.19. The highest BCUT2D eigenvalue weighted by Gasteiger charge is 2.55. The van der Waals surface area contributed by atoms with Crippen LogP contribution in [0.25, 0.3) is 10.9 Å². The molecular formula is C21H23ClFN3O3. The van der Waals surface area contributed by atoms with E-state index >= 15 is 4.39 Å². The minimum Gasteiger partial charge on any atom is -0.477 e. The van der Waals surface area contributed by atoms with Gasteiger partial charge in [0.05, 0.1) is 21.6 Å². The molecule has 1 aromatic carbocycles. The summed E-state index contributed by atoms with van der Waals surface area (Å²) in [6.45, 7) is 2.92. The zero-order valence-corrected chi connectivity index (χ0v) is 17.1. The number of benzene rings is 1. The number of aromatic carboxylic acids is 1. The third-order valence-electron chi connectivity index (χ3n) is 6.94. The minimum absolute atomic E-state index is 0.0774. The number of halogens is 2. The lowest BCUT2D eigenvalue weighted by atomic mass is 10.0. The molecule has 5 rings (SSSR count). The average Bonchev–Trinajstić information content (AvgIpc) is 3.58. The fraction of sp³-hybridized carbons (Fsp3) is 0.524. The average molecular weight is 420 g/mol. The second-order valence-corrected chi connectivity index (χ2v) is 9.10. The Hall–Kier alpha value is -2.12. The maximum absolute atomic E-state index is 15.6. The van der Waals surface area contributed by atoms with E-state index in [1.807, 2.05) is 11.9 Å². The molecule has 154 valence electrons. The van der Waals surface area contributed by atoms with Gasteiger partial charge in [0.1, 0.15) is 5.56 Å². The topological polar surface area (TPSA) is 74.6 Å². The van der Waals surface area contributed by atoms with Gasteiger partial charge in [0, 0.05) is 42.3 Å². The largest absolute Gasteiger partial charge is 0.477 e. The molecule has 0 bridgehead atoms. The molecule has 0 amide bonds. The fourth-order valence-electron chi connectivity index (χ4n) is 4.97. The number of aromatic nitrogens is 1. The van der Waals surface area contributed by atoms with Crippen LogP contribution in [0.15, 0.2) is 11.0 Å². The Morgan fingerprint density at radius 2 is 2.07 bits per heavy atom. The molecule has 2 aromatic rings. The van der Waals surface area contributed by atoms with Crippen molar-refractivity contribution in [3.63, 3.8) is 0 Å². The van der Waals surface area contributed by atoms with E-state index in [9.17, 15) is 14.7 Å². The number of nitrogens with zero attached hydrogens (tertiary/aromatic N) is 2. The number of hydrogen-bond donors (Lipinski definition) is 2. The number of aryl methyl sites for hydroxylation is 1. The molecule has 29 heavy (non-hydrogen) atoms. The monoisotopic (exact) mass is 419 g/mol. The van der Waals surface area contributed by atoms with Crippen molar-refractivity contribution < 1.29 is 14.3 Å². The molecule has 1 atom stereocenters. The van der Waals surface area contributed by atoms with Gasteiger partial charge >= 0.3 is 5.97 Å². The first-order valence-electron chi connectivity index (χ1n) is 10.0. The quantitative estimate of drug-likeness (QED) is 0.795. The number of nitrogens with one attached hydrogen (secondary N) is 1. The van der Waals surface area contributed by atoms with Crippen molar-refractivity contribution in [1.29, 1.82) is 0 Å².